The molecule has 2 amide bonds. The number of hydrogen-bond donors (Lipinski definition) is 1. The van der Waals surface area contributed by atoms with Gasteiger partial charge in [-0.3, -0.25) is 9.59 Å². The first-order chi connectivity index (χ1) is 8.41. The highest BCUT2D eigenvalue weighted by atomic mass is 35.5. The van der Waals surface area contributed by atoms with E-state index in [-0.39, 0.29) is 18.9 Å². The van der Waals surface area contributed by atoms with E-state index in [4.69, 9.17) is 28.9 Å². The third kappa shape index (κ3) is 2.18. The lowest BCUT2D eigenvalue weighted by Crippen LogP contribution is -2.28. The number of aryl methyl sites for hydroxylation is 1. The molecule has 18 heavy (non-hydrogen) atoms. The molecule has 1 aromatic carbocycles. The van der Waals surface area contributed by atoms with E-state index in [1.54, 1.807) is 12.1 Å². The van der Waals surface area contributed by atoms with Crippen molar-refractivity contribution in [2.45, 2.75) is 13.3 Å². The molecule has 0 aliphatic carbocycles. The number of benzene rings is 1. The number of amides is 2. The fourth-order valence-corrected chi connectivity index (χ4v) is 2.58. The third-order valence-electron chi connectivity index (χ3n) is 3.06. The molecule has 1 unspecified atom stereocenters. The number of nitrogens with zero attached hydrogens (tertiary/aromatic N) is 1. The summed E-state index contributed by atoms with van der Waals surface area (Å²) in [5.74, 6) is -1.15. The van der Waals surface area contributed by atoms with Crippen LogP contribution in [0, 0.1) is 12.8 Å². The molecule has 0 saturated carbocycles. The fourth-order valence-electron chi connectivity index (χ4n) is 2.00. The predicted octanol–water partition coefficient (Wildman–Crippen LogP) is 2.14. The number of anilines is 1. The van der Waals surface area contributed by atoms with Crippen LogP contribution in [-0.2, 0) is 9.59 Å². The highest BCUT2D eigenvalue weighted by Gasteiger charge is 2.35. The number of hydrogen-bond acceptors (Lipinski definition) is 2. The van der Waals surface area contributed by atoms with Gasteiger partial charge in [0.2, 0.25) is 11.8 Å². The van der Waals surface area contributed by atoms with Crippen LogP contribution in [0.1, 0.15) is 12.0 Å². The van der Waals surface area contributed by atoms with E-state index < -0.39 is 11.8 Å². The standard InChI is InChI=1S/C12H12Cl2N2O2/c1-6-2-3-8(13)11(10(6)14)16-5-7(12(15)18)4-9(16)17/h2-3,7H,4-5H2,1H3,(H2,15,18). The van der Waals surface area contributed by atoms with Crippen LogP contribution in [0.4, 0.5) is 5.69 Å². The van der Waals surface area contributed by atoms with Crippen LogP contribution >= 0.6 is 23.2 Å². The van der Waals surface area contributed by atoms with Crippen molar-refractivity contribution in [3.05, 3.63) is 27.7 Å². The van der Waals surface area contributed by atoms with Gasteiger partial charge in [0, 0.05) is 13.0 Å². The van der Waals surface area contributed by atoms with Crippen LogP contribution in [-0.4, -0.2) is 18.4 Å². The fraction of sp³-hybridized carbons (Fsp3) is 0.333. The molecule has 0 radical (unpaired) electrons. The van der Waals surface area contributed by atoms with Gasteiger partial charge >= 0.3 is 0 Å². The van der Waals surface area contributed by atoms with Gasteiger partial charge in [-0.2, -0.15) is 0 Å². The van der Waals surface area contributed by atoms with Gasteiger partial charge in [0.15, 0.2) is 0 Å². The molecule has 1 saturated heterocycles. The Balaban J connectivity index is 2.41. The topological polar surface area (TPSA) is 63.4 Å². The van der Waals surface area contributed by atoms with Crippen molar-refractivity contribution in [1.29, 1.82) is 0 Å². The number of halogens is 2. The zero-order chi connectivity index (χ0) is 13.4. The van der Waals surface area contributed by atoms with E-state index in [9.17, 15) is 9.59 Å². The first kappa shape index (κ1) is 13.2. The molecule has 6 heteroatoms. The molecular weight excluding hydrogens is 275 g/mol. The molecular formula is C12H12Cl2N2O2. The molecule has 1 heterocycles. The maximum Gasteiger partial charge on any atom is 0.227 e. The molecule has 2 N–H and O–H groups in total. The average Bonchev–Trinajstić information content (AvgIpc) is 2.67. The summed E-state index contributed by atoms with van der Waals surface area (Å²) in [6.45, 7) is 2.06. The Morgan fingerprint density at radius 1 is 1.44 bits per heavy atom. The van der Waals surface area contributed by atoms with Gasteiger partial charge in [0.05, 0.1) is 21.7 Å². The van der Waals surface area contributed by atoms with Crippen molar-refractivity contribution in [3.8, 4) is 0 Å². The predicted molar refractivity (Wildman–Crippen MR) is 70.9 cm³/mol. The highest BCUT2D eigenvalue weighted by molar-refractivity contribution is 6.40. The summed E-state index contributed by atoms with van der Waals surface area (Å²) in [5.41, 5.74) is 6.51. The summed E-state index contributed by atoms with van der Waals surface area (Å²) in [6.07, 6.45) is 0.107. The minimum Gasteiger partial charge on any atom is -0.369 e. The Labute approximate surface area is 115 Å². The Kier molecular flexibility index (Phi) is 3.50. The lowest BCUT2D eigenvalue weighted by atomic mass is 10.1. The van der Waals surface area contributed by atoms with Crippen LogP contribution in [0.25, 0.3) is 0 Å². The Morgan fingerprint density at radius 3 is 2.67 bits per heavy atom. The summed E-state index contributed by atoms with van der Waals surface area (Å²) >= 11 is 12.3. The van der Waals surface area contributed by atoms with Crippen LogP contribution in [0.15, 0.2) is 12.1 Å². The van der Waals surface area contributed by atoms with Gasteiger partial charge in [0.25, 0.3) is 0 Å². The second-order valence-corrected chi connectivity index (χ2v) is 5.12. The molecule has 1 aromatic rings. The quantitative estimate of drug-likeness (QED) is 0.905. The summed E-state index contributed by atoms with van der Waals surface area (Å²) < 4.78 is 0. The first-order valence-corrected chi connectivity index (χ1v) is 6.21. The number of carbonyl (C=O) groups excluding carboxylic acids is 2. The first-order valence-electron chi connectivity index (χ1n) is 5.46. The molecule has 1 fully saturated rings. The Morgan fingerprint density at radius 2 is 2.11 bits per heavy atom. The van der Waals surface area contributed by atoms with Crippen LogP contribution in [0.5, 0.6) is 0 Å². The van der Waals surface area contributed by atoms with Gasteiger partial charge in [-0.25, -0.2) is 0 Å². The van der Waals surface area contributed by atoms with Crippen molar-refractivity contribution < 1.29 is 9.59 Å². The largest absolute Gasteiger partial charge is 0.369 e. The molecule has 0 bridgehead atoms. The summed E-state index contributed by atoms with van der Waals surface area (Å²) in [5, 5.41) is 0.824. The van der Waals surface area contributed by atoms with E-state index in [1.165, 1.54) is 4.90 Å². The maximum absolute atomic E-state index is 11.9. The van der Waals surface area contributed by atoms with E-state index >= 15 is 0 Å². The lowest BCUT2D eigenvalue weighted by Gasteiger charge is -2.20. The smallest absolute Gasteiger partial charge is 0.227 e. The van der Waals surface area contributed by atoms with E-state index in [0.29, 0.717) is 15.7 Å². The van der Waals surface area contributed by atoms with E-state index in [0.717, 1.165) is 5.56 Å². The Hall–Kier alpha value is -1.26. The monoisotopic (exact) mass is 286 g/mol. The average molecular weight is 287 g/mol. The van der Waals surface area contributed by atoms with Crippen molar-refractivity contribution >= 4 is 40.7 Å². The number of carbonyl (C=O) groups is 2. The highest BCUT2D eigenvalue weighted by Crippen LogP contribution is 2.38. The summed E-state index contributed by atoms with van der Waals surface area (Å²) in [7, 11) is 0. The van der Waals surface area contributed by atoms with Gasteiger partial charge < -0.3 is 10.6 Å². The Bertz CT molecular complexity index is 531. The van der Waals surface area contributed by atoms with Crippen LogP contribution in [0.3, 0.4) is 0 Å². The van der Waals surface area contributed by atoms with Crippen LogP contribution < -0.4 is 10.6 Å². The van der Waals surface area contributed by atoms with Crippen molar-refractivity contribution in [2.75, 3.05) is 11.4 Å². The molecule has 96 valence electrons. The SMILES string of the molecule is Cc1ccc(Cl)c(N2CC(C(N)=O)CC2=O)c1Cl. The number of primary amides is 1. The second-order valence-electron chi connectivity index (χ2n) is 4.33. The van der Waals surface area contributed by atoms with E-state index in [2.05, 4.69) is 0 Å². The van der Waals surface area contributed by atoms with Crippen molar-refractivity contribution in [1.82, 2.24) is 0 Å². The number of nitrogens with two attached hydrogens (primary N) is 1. The van der Waals surface area contributed by atoms with Crippen LogP contribution in [0.2, 0.25) is 10.0 Å². The molecule has 0 aromatic heterocycles. The lowest BCUT2D eigenvalue weighted by molar-refractivity contribution is -0.123. The van der Waals surface area contributed by atoms with Gasteiger partial charge in [-0.1, -0.05) is 29.3 Å². The van der Waals surface area contributed by atoms with Gasteiger partial charge in [-0.05, 0) is 18.6 Å². The normalized spacial score (nSPS) is 19.4. The molecule has 2 rings (SSSR count). The van der Waals surface area contributed by atoms with E-state index in [1.807, 2.05) is 6.92 Å². The minimum absolute atomic E-state index is 0.107. The summed E-state index contributed by atoms with van der Waals surface area (Å²) in [4.78, 5) is 24.5. The molecule has 1 atom stereocenters. The molecule has 1 aliphatic rings. The second kappa shape index (κ2) is 4.78. The maximum atomic E-state index is 11.9. The molecule has 0 spiro atoms. The molecule has 1 aliphatic heterocycles. The molecule has 4 nitrogen and oxygen atoms in total. The van der Waals surface area contributed by atoms with Gasteiger partial charge in [0.1, 0.15) is 0 Å². The van der Waals surface area contributed by atoms with Crippen molar-refractivity contribution in [3.63, 3.8) is 0 Å². The van der Waals surface area contributed by atoms with Crippen molar-refractivity contribution in [2.24, 2.45) is 11.7 Å². The zero-order valence-electron chi connectivity index (χ0n) is 9.74. The zero-order valence-corrected chi connectivity index (χ0v) is 11.3. The van der Waals surface area contributed by atoms with Gasteiger partial charge in [-0.15, -0.1) is 0 Å². The third-order valence-corrected chi connectivity index (χ3v) is 3.84. The minimum atomic E-state index is -0.481. The number of rotatable bonds is 2. The summed E-state index contributed by atoms with van der Waals surface area (Å²) in [6, 6.07) is 3.46.